The molecule has 4 unspecified atom stereocenters. The van der Waals surface area contributed by atoms with Crippen LogP contribution >= 0.6 is 22.7 Å². The van der Waals surface area contributed by atoms with E-state index >= 15 is 0 Å². The Kier molecular flexibility index (Phi) is 11.1. The highest BCUT2D eigenvalue weighted by Gasteiger charge is 2.38. The van der Waals surface area contributed by atoms with Crippen molar-refractivity contribution in [3.05, 3.63) is 104 Å². The number of alkyl halides is 6. The first-order valence-electron chi connectivity index (χ1n) is 14.1. The van der Waals surface area contributed by atoms with Gasteiger partial charge in [-0.15, -0.1) is 0 Å². The highest BCUT2D eigenvalue weighted by Crippen LogP contribution is 2.37. The van der Waals surface area contributed by atoms with Crippen molar-refractivity contribution in [1.29, 1.82) is 0 Å². The van der Waals surface area contributed by atoms with Crippen LogP contribution in [0, 0.1) is 0 Å². The van der Waals surface area contributed by atoms with E-state index in [1.54, 1.807) is 47.5 Å². The maximum absolute atomic E-state index is 13.0. The van der Waals surface area contributed by atoms with Gasteiger partial charge in [0.1, 0.15) is 22.7 Å². The van der Waals surface area contributed by atoms with Gasteiger partial charge >= 0.3 is 24.3 Å². The summed E-state index contributed by atoms with van der Waals surface area (Å²) in [6, 6.07) is 11.4. The lowest BCUT2D eigenvalue weighted by atomic mass is 9.93. The Bertz CT molecular complexity index is 1520. The molecular weight excluding hydrogens is 686 g/mol. The third-order valence-electron chi connectivity index (χ3n) is 7.18. The van der Waals surface area contributed by atoms with Crippen LogP contribution in [0.25, 0.3) is 0 Å². The lowest BCUT2D eigenvalue weighted by Gasteiger charge is -2.33. The van der Waals surface area contributed by atoms with E-state index in [2.05, 4.69) is 0 Å². The quantitative estimate of drug-likeness (QED) is 0.0667. The summed E-state index contributed by atoms with van der Waals surface area (Å²) in [4.78, 5) is 25.3. The second-order valence-electron chi connectivity index (χ2n) is 11.0. The molecule has 48 heavy (non-hydrogen) atoms. The molecule has 4 rings (SSSR count). The number of thiophene rings is 2. The number of halogens is 6. The first-order chi connectivity index (χ1) is 22.4. The largest absolute Gasteiger partial charge is 0.483 e. The second kappa shape index (κ2) is 14.6. The topological polar surface area (TPSA) is 123 Å². The Morgan fingerprint density at radius 3 is 1.21 bits per heavy atom. The molecule has 258 valence electrons. The van der Waals surface area contributed by atoms with E-state index in [1.807, 2.05) is 0 Å². The van der Waals surface area contributed by atoms with Crippen molar-refractivity contribution in [2.24, 2.45) is 11.5 Å². The van der Waals surface area contributed by atoms with Gasteiger partial charge < -0.3 is 18.9 Å². The first-order valence-corrected chi connectivity index (χ1v) is 16.0. The van der Waals surface area contributed by atoms with Crippen LogP contribution in [0.2, 0.25) is 0 Å². The summed E-state index contributed by atoms with van der Waals surface area (Å²) in [5.74, 6) is -2.76. The molecule has 0 amide bonds. The van der Waals surface area contributed by atoms with Gasteiger partial charge in [-0.25, -0.2) is 9.59 Å². The summed E-state index contributed by atoms with van der Waals surface area (Å²) < 4.78 is 100. The number of ether oxygens (including phenoxy) is 4. The monoisotopic (exact) mass is 716 g/mol. The Morgan fingerprint density at radius 1 is 0.604 bits per heavy atom. The zero-order valence-corrected chi connectivity index (χ0v) is 27.0. The van der Waals surface area contributed by atoms with E-state index < -0.39 is 59.1 Å². The minimum atomic E-state index is -4.54. The van der Waals surface area contributed by atoms with Crippen molar-refractivity contribution in [2.75, 3.05) is 0 Å². The summed E-state index contributed by atoms with van der Waals surface area (Å²) >= 11 is 2.64. The molecule has 0 aliphatic heterocycles. The van der Waals surface area contributed by atoms with E-state index in [0.717, 1.165) is 48.5 Å². The number of esters is 2. The van der Waals surface area contributed by atoms with Crippen LogP contribution in [0.3, 0.4) is 0 Å². The first kappa shape index (κ1) is 36.7. The van der Waals surface area contributed by atoms with E-state index in [0.29, 0.717) is 11.1 Å². The Morgan fingerprint density at radius 2 is 0.938 bits per heavy atom. The summed E-state index contributed by atoms with van der Waals surface area (Å²) in [5, 5.41) is 6.93. The Hall–Kier alpha value is -4.12. The zero-order valence-electron chi connectivity index (χ0n) is 25.3. The van der Waals surface area contributed by atoms with Crippen LogP contribution in [0.1, 0.15) is 48.9 Å². The van der Waals surface area contributed by atoms with Gasteiger partial charge in [-0.2, -0.15) is 49.0 Å². The third kappa shape index (κ3) is 9.49. The second-order valence-corrected chi connectivity index (χ2v) is 12.6. The molecule has 0 radical (unpaired) electrons. The fraction of sp³-hybridized carbons (Fsp3) is 0.312. The normalized spacial score (nSPS) is 15.8. The molecule has 16 heteroatoms. The molecule has 2 aromatic carbocycles. The fourth-order valence-electron chi connectivity index (χ4n) is 4.73. The highest BCUT2D eigenvalue weighted by molar-refractivity contribution is 7.08. The lowest BCUT2D eigenvalue weighted by Crippen LogP contribution is -2.43. The Balaban J connectivity index is 1.39. The smallest absolute Gasteiger partial charge is 0.419 e. The molecule has 0 aliphatic carbocycles. The van der Waals surface area contributed by atoms with Crippen LogP contribution in [0.15, 0.2) is 82.2 Å². The van der Waals surface area contributed by atoms with E-state index in [4.69, 9.17) is 30.4 Å². The van der Waals surface area contributed by atoms with Crippen molar-refractivity contribution in [3.63, 3.8) is 0 Å². The average molecular weight is 717 g/mol. The van der Waals surface area contributed by atoms with E-state index in [1.165, 1.54) is 22.7 Å². The number of carbonyl (C=O) groups is 2. The van der Waals surface area contributed by atoms with Gasteiger partial charge in [0.2, 0.25) is 0 Å². The predicted molar refractivity (Wildman–Crippen MR) is 165 cm³/mol. The Labute approximate surface area is 279 Å². The van der Waals surface area contributed by atoms with Gasteiger partial charge in [0.15, 0.2) is 12.5 Å². The van der Waals surface area contributed by atoms with E-state index in [9.17, 15) is 35.9 Å². The van der Waals surface area contributed by atoms with Gasteiger partial charge in [0, 0.05) is 24.0 Å². The molecule has 8 nitrogen and oxygen atoms in total. The summed E-state index contributed by atoms with van der Waals surface area (Å²) in [6.45, 7) is 3.19. The standard InChI is InChI=1S/C32H30F6N2O6S2/c1-29(21-11-13-47-17-21,45-23-7-3-19(4-8-23)31(33,34)35)15-25(39)43-27(41)28(42)44-26(40)16-30(2,22-12-14-48-18-22)46-24-9-5-20(6-10-24)32(36,37)38/h3-14,17-18,25-26H,15-16,39-40H2,1-2H3. The summed E-state index contributed by atoms with van der Waals surface area (Å²) in [7, 11) is 0. The zero-order chi connectivity index (χ0) is 35.3. The number of hydrogen-bond donors (Lipinski definition) is 2. The number of rotatable bonds is 12. The van der Waals surface area contributed by atoms with Crippen molar-refractivity contribution >= 4 is 34.6 Å². The lowest BCUT2D eigenvalue weighted by molar-refractivity contribution is -0.176. The van der Waals surface area contributed by atoms with Crippen LogP contribution in [0.4, 0.5) is 26.3 Å². The molecule has 0 spiro atoms. The summed E-state index contributed by atoms with van der Waals surface area (Å²) in [6.07, 6.45) is -12.4. The molecule has 4 N–H and O–H groups in total. The molecule has 2 aromatic heterocycles. The molecular formula is C32H30F6N2O6S2. The number of carbonyl (C=O) groups excluding carboxylic acids is 2. The van der Waals surface area contributed by atoms with Crippen LogP contribution in [-0.2, 0) is 42.6 Å². The number of benzene rings is 2. The third-order valence-corrected chi connectivity index (χ3v) is 8.54. The molecule has 0 bridgehead atoms. The van der Waals surface area contributed by atoms with Crippen molar-refractivity contribution in [2.45, 2.75) is 62.7 Å². The molecule has 0 saturated carbocycles. The van der Waals surface area contributed by atoms with Gasteiger partial charge in [0.05, 0.1) is 11.1 Å². The van der Waals surface area contributed by atoms with Gasteiger partial charge in [-0.3, -0.25) is 11.5 Å². The summed E-state index contributed by atoms with van der Waals surface area (Å²) in [5.41, 5.74) is 8.98. The van der Waals surface area contributed by atoms with Gasteiger partial charge in [-0.05, 0) is 96.0 Å². The molecule has 2 heterocycles. The SMILES string of the molecule is CC(CC(N)OC(=O)C(=O)OC(N)CC(C)(Oc1ccc(C(F)(F)F)cc1)c1ccsc1)(Oc1ccc(C(F)(F)F)cc1)c1ccsc1. The van der Waals surface area contributed by atoms with Gasteiger partial charge in [0.25, 0.3) is 0 Å². The van der Waals surface area contributed by atoms with Crippen molar-refractivity contribution < 1.29 is 54.9 Å². The number of hydrogen-bond acceptors (Lipinski definition) is 10. The minimum Gasteiger partial charge on any atom is -0.483 e. The molecule has 4 atom stereocenters. The average Bonchev–Trinajstić information content (AvgIpc) is 3.72. The number of nitrogens with two attached hydrogens (primary N) is 2. The highest BCUT2D eigenvalue weighted by atomic mass is 32.1. The maximum Gasteiger partial charge on any atom is 0.419 e. The van der Waals surface area contributed by atoms with Crippen LogP contribution < -0.4 is 20.9 Å². The van der Waals surface area contributed by atoms with E-state index in [-0.39, 0.29) is 24.3 Å². The van der Waals surface area contributed by atoms with Gasteiger partial charge in [-0.1, -0.05) is 0 Å². The predicted octanol–water partition coefficient (Wildman–Crippen LogP) is 7.57. The fourth-order valence-corrected chi connectivity index (χ4v) is 6.29. The molecule has 4 aromatic rings. The molecule has 0 saturated heterocycles. The van der Waals surface area contributed by atoms with Crippen LogP contribution in [-0.4, -0.2) is 24.4 Å². The van der Waals surface area contributed by atoms with Crippen molar-refractivity contribution in [1.82, 2.24) is 0 Å². The molecule has 0 fully saturated rings. The minimum absolute atomic E-state index is 0.0906. The molecule has 0 aliphatic rings. The van der Waals surface area contributed by atoms with Crippen LogP contribution in [0.5, 0.6) is 11.5 Å². The maximum atomic E-state index is 13.0. The van der Waals surface area contributed by atoms with Crippen molar-refractivity contribution in [3.8, 4) is 11.5 Å².